The van der Waals surface area contributed by atoms with Gasteiger partial charge in [0, 0.05) is 55.9 Å². The van der Waals surface area contributed by atoms with Crippen molar-refractivity contribution in [1.82, 2.24) is 4.57 Å². The first kappa shape index (κ1) is 35.4. The molecule has 11 aromatic carbocycles. The second kappa shape index (κ2) is 14.1. The minimum absolute atomic E-state index is 0.873. The standard InChI is InChI=1S/C60H38N2O/c1-3-16-41(17-4-1)58-59-53-37-47(33-34-54(53)62(46-32-27-39-15-7-8-18-42(39)35-46)55(59)38-57-60(58)51-25-13-14-26-56(51)63-57)61(44-20-5-2-6-21-44)45-30-28-40(29-31-45)52-36-43-19-9-10-22-48(43)49-23-11-12-24-50(49)52/h1-38H. The number of para-hydroxylation sites is 2. The highest BCUT2D eigenvalue weighted by Gasteiger charge is 2.24. The molecule has 3 heteroatoms. The number of rotatable bonds is 6. The van der Waals surface area contributed by atoms with E-state index >= 15 is 0 Å². The minimum Gasteiger partial charge on any atom is -0.456 e. The Hall–Kier alpha value is -8.40. The van der Waals surface area contributed by atoms with Crippen molar-refractivity contribution in [3.05, 3.63) is 231 Å². The molecule has 0 unspecified atom stereocenters. The zero-order valence-corrected chi connectivity index (χ0v) is 34.2. The second-order valence-corrected chi connectivity index (χ2v) is 16.5. The van der Waals surface area contributed by atoms with E-state index in [9.17, 15) is 0 Å². The van der Waals surface area contributed by atoms with Crippen LogP contribution in [0.15, 0.2) is 235 Å². The summed E-state index contributed by atoms with van der Waals surface area (Å²) >= 11 is 0. The van der Waals surface area contributed by atoms with E-state index in [2.05, 4.69) is 240 Å². The average molecular weight is 803 g/mol. The van der Waals surface area contributed by atoms with Crippen molar-refractivity contribution >= 4 is 93.1 Å². The molecular formula is C60H38N2O. The number of hydrogen-bond donors (Lipinski definition) is 0. The maximum atomic E-state index is 6.72. The van der Waals surface area contributed by atoms with Gasteiger partial charge in [-0.3, -0.25) is 0 Å². The van der Waals surface area contributed by atoms with Gasteiger partial charge in [0.1, 0.15) is 11.2 Å². The van der Waals surface area contributed by atoms with Crippen LogP contribution in [0.1, 0.15) is 0 Å². The molecule has 294 valence electrons. The average Bonchev–Trinajstić information content (AvgIpc) is 3.89. The summed E-state index contributed by atoms with van der Waals surface area (Å²) in [7, 11) is 0. The van der Waals surface area contributed by atoms with E-state index in [0.29, 0.717) is 0 Å². The minimum atomic E-state index is 0.873. The van der Waals surface area contributed by atoms with Gasteiger partial charge in [0.15, 0.2) is 0 Å². The van der Waals surface area contributed by atoms with E-state index in [4.69, 9.17) is 4.42 Å². The Morgan fingerprint density at radius 2 is 0.968 bits per heavy atom. The molecule has 0 atom stereocenters. The summed E-state index contributed by atoms with van der Waals surface area (Å²) < 4.78 is 9.15. The molecule has 2 aromatic heterocycles. The Bertz CT molecular complexity index is 3900. The maximum absolute atomic E-state index is 6.72. The van der Waals surface area contributed by atoms with Gasteiger partial charge in [0.25, 0.3) is 0 Å². The lowest BCUT2D eigenvalue weighted by atomic mass is 9.93. The summed E-state index contributed by atoms with van der Waals surface area (Å²) in [6, 6.07) is 83.5. The van der Waals surface area contributed by atoms with Crippen LogP contribution in [-0.4, -0.2) is 4.57 Å². The molecule has 0 spiro atoms. The highest BCUT2D eigenvalue weighted by Crippen LogP contribution is 2.48. The van der Waals surface area contributed by atoms with Crippen molar-refractivity contribution in [2.45, 2.75) is 0 Å². The van der Waals surface area contributed by atoms with Gasteiger partial charge < -0.3 is 13.9 Å². The van der Waals surface area contributed by atoms with Crippen LogP contribution < -0.4 is 4.90 Å². The van der Waals surface area contributed by atoms with Crippen LogP contribution in [0.2, 0.25) is 0 Å². The van der Waals surface area contributed by atoms with Gasteiger partial charge >= 0.3 is 0 Å². The van der Waals surface area contributed by atoms with Crippen LogP contribution in [0.3, 0.4) is 0 Å². The van der Waals surface area contributed by atoms with Crippen molar-refractivity contribution in [1.29, 1.82) is 0 Å². The molecule has 0 N–H and O–H groups in total. The normalized spacial score (nSPS) is 11.8. The molecule has 0 aliphatic carbocycles. The molecule has 63 heavy (non-hydrogen) atoms. The van der Waals surface area contributed by atoms with Crippen LogP contribution in [0.4, 0.5) is 17.1 Å². The quantitative estimate of drug-likeness (QED) is 0.156. The topological polar surface area (TPSA) is 21.3 Å². The van der Waals surface area contributed by atoms with Crippen LogP contribution in [0.25, 0.3) is 104 Å². The Morgan fingerprint density at radius 3 is 1.78 bits per heavy atom. The summed E-state index contributed by atoms with van der Waals surface area (Å²) in [6.07, 6.45) is 0. The number of anilines is 3. The lowest BCUT2D eigenvalue weighted by Crippen LogP contribution is -2.09. The van der Waals surface area contributed by atoms with Gasteiger partial charge in [-0.1, -0.05) is 158 Å². The van der Waals surface area contributed by atoms with Crippen molar-refractivity contribution in [3.63, 3.8) is 0 Å². The molecule has 13 aromatic rings. The predicted molar refractivity (Wildman–Crippen MR) is 266 cm³/mol. The number of benzene rings is 11. The highest BCUT2D eigenvalue weighted by atomic mass is 16.3. The van der Waals surface area contributed by atoms with Crippen LogP contribution in [0.5, 0.6) is 0 Å². The fraction of sp³-hybridized carbons (Fsp3) is 0. The van der Waals surface area contributed by atoms with Gasteiger partial charge in [-0.25, -0.2) is 0 Å². The molecule has 0 saturated carbocycles. The predicted octanol–water partition coefficient (Wildman–Crippen LogP) is 16.9. The Labute approximate surface area is 363 Å². The summed E-state index contributed by atoms with van der Waals surface area (Å²) in [5.74, 6) is 0. The van der Waals surface area contributed by atoms with Gasteiger partial charge in [-0.2, -0.15) is 0 Å². The van der Waals surface area contributed by atoms with E-state index in [1.807, 2.05) is 0 Å². The molecule has 2 heterocycles. The Kier molecular flexibility index (Phi) is 7.91. The third-order valence-corrected chi connectivity index (χ3v) is 12.9. The number of hydrogen-bond acceptors (Lipinski definition) is 2. The summed E-state index contributed by atoms with van der Waals surface area (Å²) in [4.78, 5) is 2.38. The van der Waals surface area contributed by atoms with Gasteiger partial charge in [-0.05, 0) is 116 Å². The molecule has 0 radical (unpaired) electrons. The zero-order valence-electron chi connectivity index (χ0n) is 34.2. The largest absolute Gasteiger partial charge is 0.456 e. The fourth-order valence-electron chi connectivity index (χ4n) is 10.1. The van der Waals surface area contributed by atoms with E-state index in [1.54, 1.807) is 0 Å². The number of furan rings is 1. The smallest absolute Gasteiger partial charge is 0.138 e. The van der Waals surface area contributed by atoms with Crippen molar-refractivity contribution in [2.24, 2.45) is 0 Å². The number of fused-ring (bicyclic) bond motifs is 10. The summed E-state index contributed by atoms with van der Waals surface area (Å²) in [5, 5.41) is 12.1. The Balaban J connectivity index is 1.07. The second-order valence-electron chi connectivity index (χ2n) is 16.5. The zero-order chi connectivity index (χ0) is 41.4. The van der Waals surface area contributed by atoms with Gasteiger partial charge in [-0.15, -0.1) is 0 Å². The van der Waals surface area contributed by atoms with Gasteiger partial charge in [0.2, 0.25) is 0 Å². The first-order valence-electron chi connectivity index (χ1n) is 21.6. The van der Waals surface area contributed by atoms with Gasteiger partial charge in [0.05, 0.1) is 11.0 Å². The molecular weight excluding hydrogens is 765 g/mol. The third kappa shape index (κ3) is 5.60. The lowest BCUT2D eigenvalue weighted by Gasteiger charge is -2.26. The molecule has 0 aliphatic rings. The fourth-order valence-corrected chi connectivity index (χ4v) is 10.1. The molecule has 3 nitrogen and oxygen atoms in total. The lowest BCUT2D eigenvalue weighted by molar-refractivity contribution is 0.669. The Morgan fingerprint density at radius 1 is 0.333 bits per heavy atom. The van der Waals surface area contributed by atoms with E-state index in [0.717, 1.165) is 61.3 Å². The number of nitrogens with zero attached hydrogens (tertiary/aromatic N) is 2. The van der Waals surface area contributed by atoms with Crippen molar-refractivity contribution < 1.29 is 4.42 Å². The molecule has 13 rings (SSSR count). The monoisotopic (exact) mass is 802 g/mol. The van der Waals surface area contributed by atoms with Crippen LogP contribution in [0, 0.1) is 0 Å². The van der Waals surface area contributed by atoms with E-state index < -0.39 is 0 Å². The maximum Gasteiger partial charge on any atom is 0.138 e. The molecule has 0 saturated heterocycles. The van der Waals surface area contributed by atoms with E-state index in [-0.39, 0.29) is 0 Å². The SMILES string of the molecule is c1ccc(-c2c3c(cc4c2c2cc(N(c5ccccc5)c5ccc(-c6cc7ccccc7c7ccccc67)cc5)ccc2n4-c2ccc4ccccc4c2)oc2ccccc23)cc1. The molecule has 0 fully saturated rings. The third-order valence-electron chi connectivity index (χ3n) is 12.9. The molecule has 0 bridgehead atoms. The van der Waals surface area contributed by atoms with Crippen LogP contribution in [-0.2, 0) is 0 Å². The molecule has 0 aliphatic heterocycles. The first-order valence-corrected chi connectivity index (χ1v) is 21.6. The first-order chi connectivity index (χ1) is 31.2. The molecule has 0 amide bonds. The summed E-state index contributed by atoms with van der Waals surface area (Å²) in [5.41, 5.74) is 13.1. The summed E-state index contributed by atoms with van der Waals surface area (Å²) in [6.45, 7) is 0. The highest BCUT2D eigenvalue weighted by molar-refractivity contribution is 6.27. The van der Waals surface area contributed by atoms with Crippen molar-refractivity contribution in [3.8, 4) is 27.9 Å². The van der Waals surface area contributed by atoms with Crippen LogP contribution >= 0.6 is 0 Å². The van der Waals surface area contributed by atoms with Crippen molar-refractivity contribution in [2.75, 3.05) is 4.90 Å². The number of aromatic nitrogens is 1. The van der Waals surface area contributed by atoms with E-state index in [1.165, 1.54) is 59.8 Å².